The molecule has 0 spiro atoms. The molecular weight excluding hydrogens is 374 g/mol. The molecule has 0 saturated heterocycles. The Morgan fingerprint density at radius 3 is 2.55 bits per heavy atom. The van der Waals surface area contributed by atoms with Crippen molar-refractivity contribution in [1.29, 1.82) is 0 Å². The minimum Gasteiger partial charge on any atom is -0.483 e. The van der Waals surface area contributed by atoms with Gasteiger partial charge in [0.1, 0.15) is 11.3 Å². The normalized spacial score (nSPS) is 11.8. The Morgan fingerprint density at radius 2 is 1.90 bits per heavy atom. The molecule has 0 aliphatic rings. The molecule has 0 aliphatic heterocycles. The molecule has 1 atom stereocenters. The monoisotopic (exact) mass is 395 g/mol. The Kier molecular flexibility index (Phi) is 5.97. The number of nitrogens with one attached hydrogen (secondary N) is 1. The van der Waals surface area contributed by atoms with E-state index in [4.69, 9.17) is 9.15 Å². The molecule has 1 heterocycles. The van der Waals surface area contributed by atoms with Gasteiger partial charge in [0.2, 0.25) is 0 Å². The number of ether oxygens (including phenoxy) is 1. The highest BCUT2D eigenvalue weighted by molar-refractivity contribution is 5.86. The lowest BCUT2D eigenvalue weighted by Crippen LogP contribution is -2.36. The maximum absolute atomic E-state index is 12.3. The predicted octanol–water partition coefficient (Wildman–Crippen LogP) is 2.98. The number of carboxylic acid groups (broad SMARTS) is 1. The van der Waals surface area contributed by atoms with E-state index in [2.05, 4.69) is 5.32 Å². The fraction of sp³-hybridized carbons (Fsp3) is 0.227. The summed E-state index contributed by atoms with van der Waals surface area (Å²) in [5, 5.41) is 12.7. The van der Waals surface area contributed by atoms with Gasteiger partial charge in [-0.25, -0.2) is 9.59 Å². The SMILES string of the molecule is CCc1cc(=O)oc2c(C)c(OCC(=O)N[C@H](C(=O)O)c3ccccc3)ccc12. The molecule has 7 heteroatoms. The highest BCUT2D eigenvalue weighted by Crippen LogP contribution is 2.28. The summed E-state index contributed by atoms with van der Waals surface area (Å²) in [5.41, 5.74) is 1.90. The van der Waals surface area contributed by atoms with Crippen LogP contribution in [0.15, 0.2) is 57.7 Å². The van der Waals surface area contributed by atoms with Crippen molar-refractivity contribution in [2.45, 2.75) is 26.3 Å². The van der Waals surface area contributed by atoms with Crippen molar-refractivity contribution in [2.24, 2.45) is 0 Å². The molecule has 150 valence electrons. The predicted molar refractivity (Wildman–Crippen MR) is 107 cm³/mol. The number of amides is 1. The van der Waals surface area contributed by atoms with Gasteiger partial charge in [0.05, 0.1) is 0 Å². The van der Waals surface area contributed by atoms with Gasteiger partial charge >= 0.3 is 11.6 Å². The zero-order chi connectivity index (χ0) is 21.0. The molecule has 0 bridgehead atoms. The molecule has 29 heavy (non-hydrogen) atoms. The van der Waals surface area contributed by atoms with Gasteiger partial charge in [-0.15, -0.1) is 0 Å². The van der Waals surface area contributed by atoms with Crippen molar-refractivity contribution in [3.8, 4) is 5.75 Å². The summed E-state index contributed by atoms with van der Waals surface area (Å²) in [6.45, 7) is 3.31. The summed E-state index contributed by atoms with van der Waals surface area (Å²) in [6, 6.07) is 12.2. The first-order chi connectivity index (χ1) is 13.9. The van der Waals surface area contributed by atoms with Crippen LogP contribution in [-0.4, -0.2) is 23.6 Å². The molecule has 7 nitrogen and oxygen atoms in total. The third-order valence-corrected chi connectivity index (χ3v) is 4.62. The van der Waals surface area contributed by atoms with Gasteiger partial charge in [-0.3, -0.25) is 4.79 Å². The highest BCUT2D eigenvalue weighted by Gasteiger charge is 2.22. The Labute approximate surface area is 166 Å². The summed E-state index contributed by atoms with van der Waals surface area (Å²) in [7, 11) is 0. The number of hydrogen-bond acceptors (Lipinski definition) is 5. The first-order valence-electron chi connectivity index (χ1n) is 9.17. The van der Waals surface area contributed by atoms with Crippen LogP contribution in [-0.2, 0) is 16.0 Å². The van der Waals surface area contributed by atoms with Gasteiger partial charge in [-0.05, 0) is 36.6 Å². The lowest BCUT2D eigenvalue weighted by Gasteiger charge is -2.16. The zero-order valence-corrected chi connectivity index (χ0v) is 16.1. The van der Waals surface area contributed by atoms with Gasteiger partial charge in [0.15, 0.2) is 12.6 Å². The van der Waals surface area contributed by atoms with Gasteiger partial charge in [-0.2, -0.15) is 0 Å². The first kappa shape index (κ1) is 20.1. The highest BCUT2D eigenvalue weighted by atomic mass is 16.5. The molecule has 1 amide bonds. The summed E-state index contributed by atoms with van der Waals surface area (Å²) < 4.78 is 10.9. The Bertz CT molecular complexity index is 1100. The number of aliphatic carboxylic acids is 1. The maximum Gasteiger partial charge on any atom is 0.336 e. The van der Waals surface area contributed by atoms with E-state index in [1.54, 1.807) is 49.4 Å². The third-order valence-electron chi connectivity index (χ3n) is 4.62. The van der Waals surface area contributed by atoms with Crippen LogP contribution in [0.2, 0.25) is 0 Å². The van der Waals surface area contributed by atoms with Crippen LogP contribution >= 0.6 is 0 Å². The molecule has 1 aromatic heterocycles. The van der Waals surface area contributed by atoms with E-state index in [1.807, 2.05) is 6.92 Å². The molecule has 2 aromatic carbocycles. The number of benzene rings is 2. The third kappa shape index (κ3) is 4.45. The van der Waals surface area contributed by atoms with E-state index in [9.17, 15) is 19.5 Å². The van der Waals surface area contributed by atoms with Crippen molar-refractivity contribution in [3.63, 3.8) is 0 Å². The fourth-order valence-corrected chi connectivity index (χ4v) is 3.14. The van der Waals surface area contributed by atoms with Crippen LogP contribution in [0.3, 0.4) is 0 Å². The maximum atomic E-state index is 12.3. The van der Waals surface area contributed by atoms with E-state index >= 15 is 0 Å². The number of hydrogen-bond donors (Lipinski definition) is 2. The largest absolute Gasteiger partial charge is 0.483 e. The molecule has 0 unspecified atom stereocenters. The van der Waals surface area contributed by atoms with Crippen LogP contribution in [0.5, 0.6) is 5.75 Å². The molecule has 3 rings (SSSR count). The Balaban J connectivity index is 1.76. The Morgan fingerprint density at radius 1 is 1.17 bits per heavy atom. The van der Waals surface area contributed by atoms with E-state index in [0.717, 1.165) is 10.9 Å². The molecular formula is C22H21NO6. The molecule has 0 aliphatic carbocycles. The van der Waals surface area contributed by atoms with Gasteiger partial charge in [0, 0.05) is 17.0 Å². The van der Waals surface area contributed by atoms with Crippen molar-refractivity contribution in [2.75, 3.05) is 6.61 Å². The average Bonchev–Trinajstić information content (AvgIpc) is 2.71. The second kappa shape index (κ2) is 8.60. The lowest BCUT2D eigenvalue weighted by molar-refractivity contribution is -0.142. The average molecular weight is 395 g/mol. The zero-order valence-electron chi connectivity index (χ0n) is 16.1. The number of fused-ring (bicyclic) bond motifs is 1. The molecule has 0 radical (unpaired) electrons. The minimum absolute atomic E-state index is 0.374. The van der Waals surface area contributed by atoms with Crippen molar-refractivity contribution < 1.29 is 23.8 Å². The van der Waals surface area contributed by atoms with Gasteiger partial charge in [0.25, 0.3) is 5.91 Å². The smallest absolute Gasteiger partial charge is 0.336 e. The van der Waals surface area contributed by atoms with Crippen molar-refractivity contribution in [3.05, 3.63) is 75.6 Å². The van der Waals surface area contributed by atoms with E-state index in [-0.39, 0.29) is 6.61 Å². The number of rotatable bonds is 7. The summed E-state index contributed by atoms with van der Waals surface area (Å²) in [4.78, 5) is 35.6. The van der Waals surface area contributed by atoms with E-state index in [0.29, 0.717) is 28.9 Å². The van der Waals surface area contributed by atoms with Gasteiger partial charge < -0.3 is 19.6 Å². The molecule has 2 N–H and O–H groups in total. The van der Waals surface area contributed by atoms with Crippen LogP contribution in [0.25, 0.3) is 11.0 Å². The number of carbonyl (C=O) groups is 2. The summed E-state index contributed by atoms with van der Waals surface area (Å²) in [5.74, 6) is -1.36. The van der Waals surface area contributed by atoms with E-state index in [1.165, 1.54) is 6.07 Å². The lowest BCUT2D eigenvalue weighted by atomic mass is 10.0. The number of carbonyl (C=O) groups excluding carboxylic acids is 1. The standard InChI is InChI=1S/C22H21NO6/c1-3-14-11-19(25)29-21-13(2)17(10-9-16(14)21)28-12-18(24)23-20(22(26)27)15-7-5-4-6-8-15/h4-11,20H,3,12H2,1-2H3,(H,23,24)(H,26,27)/t20-/m0/s1. The van der Waals surface area contributed by atoms with Gasteiger partial charge in [-0.1, -0.05) is 37.3 Å². The molecule has 0 fully saturated rings. The van der Waals surface area contributed by atoms with Crippen molar-refractivity contribution in [1.82, 2.24) is 5.32 Å². The minimum atomic E-state index is -1.17. The molecule has 3 aromatic rings. The van der Waals surface area contributed by atoms with Crippen LogP contribution < -0.4 is 15.7 Å². The number of aryl methyl sites for hydroxylation is 2. The van der Waals surface area contributed by atoms with Crippen LogP contribution in [0.4, 0.5) is 0 Å². The fourth-order valence-electron chi connectivity index (χ4n) is 3.14. The second-order valence-corrected chi connectivity index (χ2v) is 6.55. The summed E-state index contributed by atoms with van der Waals surface area (Å²) in [6.07, 6.45) is 0.681. The molecule has 0 saturated carbocycles. The first-order valence-corrected chi connectivity index (χ1v) is 9.17. The van der Waals surface area contributed by atoms with E-state index < -0.39 is 23.5 Å². The van der Waals surface area contributed by atoms with Crippen LogP contribution in [0, 0.1) is 6.92 Å². The summed E-state index contributed by atoms with van der Waals surface area (Å²) >= 11 is 0. The topological polar surface area (TPSA) is 106 Å². The van der Waals surface area contributed by atoms with Crippen molar-refractivity contribution >= 4 is 22.8 Å². The van der Waals surface area contributed by atoms with Crippen LogP contribution in [0.1, 0.15) is 29.7 Å². The second-order valence-electron chi connectivity index (χ2n) is 6.55. The quantitative estimate of drug-likeness (QED) is 0.596. The Hall–Kier alpha value is -3.61. The number of carboxylic acids is 1.